The van der Waals surface area contributed by atoms with Gasteiger partial charge in [-0.15, -0.1) is 0 Å². The van der Waals surface area contributed by atoms with E-state index in [0.717, 1.165) is 23.4 Å². The number of rotatable bonds is 7. The summed E-state index contributed by atoms with van der Waals surface area (Å²) in [5.41, 5.74) is 1.16. The van der Waals surface area contributed by atoms with Crippen molar-refractivity contribution in [3.05, 3.63) is 65.7 Å². The predicted molar refractivity (Wildman–Crippen MR) is 84.2 cm³/mol. The molecule has 0 spiro atoms. The summed E-state index contributed by atoms with van der Waals surface area (Å²) in [6.07, 6.45) is 0. The van der Waals surface area contributed by atoms with E-state index in [1.807, 2.05) is 30.3 Å². The Morgan fingerprint density at radius 3 is 2.41 bits per heavy atom. The smallest absolute Gasteiger partial charge is 0.210 e. The van der Waals surface area contributed by atoms with Crippen LogP contribution >= 0.6 is 11.8 Å². The van der Waals surface area contributed by atoms with E-state index in [4.69, 9.17) is 0 Å². The van der Waals surface area contributed by atoms with Crippen LogP contribution in [0.25, 0.3) is 0 Å². The van der Waals surface area contributed by atoms with Crippen molar-refractivity contribution in [3.8, 4) is 0 Å². The third kappa shape index (κ3) is 4.79. The molecule has 0 atom stereocenters. The van der Waals surface area contributed by atoms with Crippen LogP contribution in [-0.2, 0) is 15.8 Å². The molecule has 3 nitrogen and oxygen atoms in total. The Hall–Kier alpha value is -1.44. The van der Waals surface area contributed by atoms with Gasteiger partial charge in [0.2, 0.25) is 10.0 Å². The maximum absolute atomic E-state index is 13.1. The van der Waals surface area contributed by atoms with Crippen molar-refractivity contribution in [3.63, 3.8) is 0 Å². The summed E-state index contributed by atoms with van der Waals surface area (Å²) in [4.78, 5) is -0.278. The van der Waals surface area contributed by atoms with E-state index in [2.05, 4.69) is 4.72 Å². The van der Waals surface area contributed by atoms with Gasteiger partial charge in [-0.1, -0.05) is 30.3 Å². The molecule has 0 unspecified atom stereocenters. The lowest BCUT2D eigenvalue weighted by molar-refractivity contribution is 0.504. The van der Waals surface area contributed by atoms with Gasteiger partial charge < -0.3 is 0 Å². The molecule has 0 radical (unpaired) electrons. The van der Waals surface area contributed by atoms with Crippen molar-refractivity contribution in [1.29, 1.82) is 0 Å². The molecule has 0 aromatic heterocycles. The van der Waals surface area contributed by atoms with Crippen molar-refractivity contribution in [2.24, 2.45) is 0 Å². The fraction of sp³-hybridized carbons (Fsp3) is 0.200. The Balaban J connectivity index is 1.81. The molecule has 22 heavy (non-hydrogen) atoms. The van der Waals surface area contributed by atoms with Gasteiger partial charge in [-0.25, -0.2) is 21.9 Å². The van der Waals surface area contributed by atoms with Crippen LogP contribution in [0.4, 0.5) is 8.78 Å². The van der Waals surface area contributed by atoms with Gasteiger partial charge in [0.15, 0.2) is 11.6 Å². The summed E-state index contributed by atoms with van der Waals surface area (Å²) < 4.78 is 52.1. The number of halogens is 2. The monoisotopic (exact) mass is 343 g/mol. The Kier molecular flexibility index (Phi) is 5.93. The molecule has 0 amide bonds. The number of hydrogen-bond acceptors (Lipinski definition) is 3. The van der Waals surface area contributed by atoms with Gasteiger partial charge in [-0.3, -0.25) is 0 Å². The van der Waals surface area contributed by atoms with Crippen LogP contribution in [0.5, 0.6) is 0 Å². The normalized spacial score (nSPS) is 11.5. The lowest BCUT2D eigenvalue weighted by Gasteiger charge is -2.07. The second-order valence-electron chi connectivity index (χ2n) is 4.51. The quantitative estimate of drug-likeness (QED) is 0.786. The topological polar surface area (TPSA) is 46.2 Å². The number of benzene rings is 2. The SMILES string of the molecule is O=S(=O)(NCCSCc1ccccc1)c1ccc(F)c(F)c1. The summed E-state index contributed by atoms with van der Waals surface area (Å²) >= 11 is 1.59. The minimum atomic E-state index is -3.81. The summed E-state index contributed by atoms with van der Waals surface area (Å²) in [7, 11) is -3.81. The number of thioether (sulfide) groups is 1. The van der Waals surface area contributed by atoms with Crippen LogP contribution in [0, 0.1) is 11.6 Å². The van der Waals surface area contributed by atoms with Gasteiger partial charge in [0.25, 0.3) is 0 Å². The van der Waals surface area contributed by atoms with E-state index in [0.29, 0.717) is 11.8 Å². The van der Waals surface area contributed by atoms with Gasteiger partial charge in [0.1, 0.15) is 0 Å². The molecule has 0 saturated carbocycles. The van der Waals surface area contributed by atoms with Crippen LogP contribution in [0.3, 0.4) is 0 Å². The fourth-order valence-corrected chi connectivity index (χ4v) is 3.73. The highest BCUT2D eigenvalue weighted by molar-refractivity contribution is 7.98. The van der Waals surface area contributed by atoms with Crippen molar-refractivity contribution in [2.45, 2.75) is 10.6 Å². The average Bonchev–Trinajstić information content (AvgIpc) is 2.50. The maximum Gasteiger partial charge on any atom is 0.240 e. The van der Waals surface area contributed by atoms with Crippen molar-refractivity contribution >= 4 is 21.8 Å². The van der Waals surface area contributed by atoms with Gasteiger partial charge in [-0.05, 0) is 23.8 Å². The minimum Gasteiger partial charge on any atom is -0.210 e. The van der Waals surface area contributed by atoms with E-state index >= 15 is 0 Å². The fourth-order valence-electron chi connectivity index (χ4n) is 1.74. The molecule has 1 N–H and O–H groups in total. The van der Waals surface area contributed by atoms with E-state index < -0.39 is 21.7 Å². The Morgan fingerprint density at radius 2 is 1.73 bits per heavy atom. The van der Waals surface area contributed by atoms with E-state index in [1.54, 1.807) is 11.8 Å². The summed E-state index contributed by atoms with van der Waals surface area (Å²) in [5.74, 6) is -0.885. The average molecular weight is 343 g/mol. The summed E-state index contributed by atoms with van der Waals surface area (Å²) in [5, 5.41) is 0. The summed E-state index contributed by atoms with van der Waals surface area (Å²) in [6, 6.07) is 12.3. The molecular formula is C15H15F2NO2S2. The molecule has 2 aromatic carbocycles. The maximum atomic E-state index is 13.1. The molecule has 2 rings (SSSR count). The van der Waals surface area contributed by atoms with Crippen LogP contribution < -0.4 is 4.72 Å². The highest BCUT2D eigenvalue weighted by Gasteiger charge is 2.15. The first kappa shape index (κ1) is 16.9. The first-order valence-corrected chi connectivity index (χ1v) is 9.19. The highest BCUT2D eigenvalue weighted by Crippen LogP contribution is 2.14. The second kappa shape index (κ2) is 7.71. The molecule has 0 aliphatic heterocycles. The van der Waals surface area contributed by atoms with Crippen LogP contribution in [0.1, 0.15) is 5.56 Å². The molecule has 2 aromatic rings. The van der Waals surface area contributed by atoms with Crippen molar-refractivity contribution < 1.29 is 17.2 Å². The number of nitrogens with one attached hydrogen (secondary N) is 1. The number of hydrogen-bond donors (Lipinski definition) is 1. The summed E-state index contributed by atoms with van der Waals surface area (Å²) in [6.45, 7) is 0.221. The molecule has 0 aliphatic carbocycles. The van der Waals surface area contributed by atoms with Gasteiger partial charge >= 0.3 is 0 Å². The van der Waals surface area contributed by atoms with Crippen LogP contribution in [0.15, 0.2) is 53.4 Å². The third-order valence-corrected chi connectivity index (χ3v) is 5.34. The standard InChI is InChI=1S/C15H15F2NO2S2/c16-14-7-6-13(10-15(14)17)22(19,20)18-8-9-21-11-12-4-2-1-3-5-12/h1-7,10,18H,8-9,11H2. The molecular weight excluding hydrogens is 328 g/mol. The molecule has 0 aliphatic rings. The second-order valence-corrected chi connectivity index (χ2v) is 7.38. The Labute approximate surface area is 132 Å². The Morgan fingerprint density at radius 1 is 1.00 bits per heavy atom. The molecule has 0 fully saturated rings. The zero-order valence-corrected chi connectivity index (χ0v) is 13.3. The van der Waals surface area contributed by atoms with Crippen molar-refractivity contribution in [2.75, 3.05) is 12.3 Å². The minimum absolute atomic E-state index is 0.221. The molecule has 7 heteroatoms. The largest absolute Gasteiger partial charge is 0.240 e. The van der Waals surface area contributed by atoms with Crippen molar-refractivity contribution in [1.82, 2.24) is 4.72 Å². The third-order valence-electron chi connectivity index (χ3n) is 2.85. The molecule has 0 heterocycles. The van der Waals surface area contributed by atoms with E-state index in [1.165, 1.54) is 0 Å². The van der Waals surface area contributed by atoms with Crippen LogP contribution in [0.2, 0.25) is 0 Å². The predicted octanol–water partition coefficient (Wildman–Crippen LogP) is 3.18. The zero-order valence-electron chi connectivity index (χ0n) is 11.6. The number of sulfonamides is 1. The molecule has 0 saturated heterocycles. The van der Waals surface area contributed by atoms with Gasteiger partial charge in [0.05, 0.1) is 4.90 Å². The molecule has 118 valence electrons. The van der Waals surface area contributed by atoms with E-state index in [9.17, 15) is 17.2 Å². The first-order chi connectivity index (χ1) is 10.5. The van der Waals surface area contributed by atoms with E-state index in [-0.39, 0.29) is 11.4 Å². The molecule has 0 bridgehead atoms. The first-order valence-electron chi connectivity index (χ1n) is 6.55. The van der Waals surface area contributed by atoms with Crippen LogP contribution in [-0.4, -0.2) is 20.7 Å². The van der Waals surface area contributed by atoms with Gasteiger partial charge in [0, 0.05) is 18.1 Å². The lowest BCUT2D eigenvalue weighted by Crippen LogP contribution is -2.26. The zero-order chi connectivity index (χ0) is 16.0. The lowest BCUT2D eigenvalue weighted by atomic mass is 10.2. The Bertz CT molecular complexity index is 722. The highest BCUT2D eigenvalue weighted by atomic mass is 32.2. The van der Waals surface area contributed by atoms with Gasteiger partial charge in [-0.2, -0.15) is 11.8 Å².